The van der Waals surface area contributed by atoms with E-state index in [0.29, 0.717) is 22.8 Å². The Kier molecular flexibility index (Phi) is 6.60. The number of rotatable bonds is 7. The summed E-state index contributed by atoms with van der Waals surface area (Å²) in [7, 11) is 3.02. The highest BCUT2D eigenvalue weighted by Crippen LogP contribution is 2.25. The minimum Gasteiger partial charge on any atom is -0.497 e. The van der Waals surface area contributed by atoms with Crippen LogP contribution in [-0.4, -0.2) is 26.0 Å². The van der Waals surface area contributed by atoms with Crippen molar-refractivity contribution < 1.29 is 28.2 Å². The monoisotopic (exact) mass is 406 g/mol. The summed E-state index contributed by atoms with van der Waals surface area (Å²) in [6, 6.07) is 16.7. The maximum atomic E-state index is 12.9. The number of hydrogen-bond donors (Lipinski definition) is 0. The third-order valence-corrected chi connectivity index (χ3v) is 4.27. The summed E-state index contributed by atoms with van der Waals surface area (Å²) in [6.07, 6.45) is 3.07. The van der Waals surface area contributed by atoms with E-state index in [1.54, 1.807) is 48.5 Å². The normalized spacial score (nSPS) is 10.6. The summed E-state index contributed by atoms with van der Waals surface area (Å²) in [6.45, 7) is 0. The highest BCUT2D eigenvalue weighted by Gasteiger charge is 2.11. The van der Waals surface area contributed by atoms with Gasteiger partial charge >= 0.3 is 5.97 Å². The average molecular weight is 406 g/mol. The molecule has 6 heteroatoms. The third-order valence-electron chi connectivity index (χ3n) is 4.27. The van der Waals surface area contributed by atoms with Gasteiger partial charge in [0.1, 0.15) is 23.1 Å². The van der Waals surface area contributed by atoms with E-state index in [9.17, 15) is 14.0 Å². The van der Waals surface area contributed by atoms with Gasteiger partial charge in [0.25, 0.3) is 0 Å². The number of halogens is 1. The Morgan fingerprint density at radius 1 is 0.833 bits per heavy atom. The minimum atomic E-state index is -0.585. The standard InChI is InChI=1S/C24H19FO5/c1-28-20-12-14-23(29-2)21(15-20)22(26)13-5-16-3-10-19(11-4-16)30-24(27)17-6-8-18(25)9-7-17/h3-15H,1-2H3/b13-5+. The first-order valence-electron chi connectivity index (χ1n) is 9.02. The summed E-state index contributed by atoms with van der Waals surface area (Å²) in [4.78, 5) is 24.6. The van der Waals surface area contributed by atoms with Crippen LogP contribution in [-0.2, 0) is 0 Å². The van der Waals surface area contributed by atoms with Gasteiger partial charge in [-0.15, -0.1) is 0 Å². The fraction of sp³-hybridized carbons (Fsp3) is 0.0833. The van der Waals surface area contributed by atoms with E-state index in [1.807, 2.05) is 0 Å². The van der Waals surface area contributed by atoms with Crippen LogP contribution in [0.25, 0.3) is 6.08 Å². The fourth-order valence-corrected chi connectivity index (χ4v) is 2.67. The van der Waals surface area contributed by atoms with Crippen molar-refractivity contribution in [3.8, 4) is 17.2 Å². The number of hydrogen-bond acceptors (Lipinski definition) is 5. The number of carbonyl (C=O) groups is 2. The van der Waals surface area contributed by atoms with E-state index in [-0.39, 0.29) is 11.3 Å². The van der Waals surface area contributed by atoms with Crippen molar-refractivity contribution in [3.63, 3.8) is 0 Å². The van der Waals surface area contributed by atoms with Crippen LogP contribution in [0.2, 0.25) is 0 Å². The van der Waals surface area contributed by atoms with Crippen LogP contribution in [0.1, 0.15) is 26.3 Å². The van der Waals surface area contributed by atoms with Gasteiger partial charge in [0.15, 0.2) is 5.78 Å². The van der Waals surface area contributed by atoms with Crippen molar-refractivity contribution >= 4 is 17.8 Å². The molecule has 0 unspecified atom stereocenters. The molecule has 0 radical (unpaired) electrons. The van der Waals surface area contributed by atoms with Gasteiger partial charge in [0.05, 0.1) is 25.3 Å². The third kappa shape index (κ3) is 5.11. The lowest BCUT2D eigenvalue weighted by Crippen LogP contribution is -2.08. The first-order chi connectivity index (χ1) is 14.5. The molecular weight excluding hydrogens is 387 g/mol. The Morgan fingerprint density at radius 3 is 2.13 bits per heavy atom. The molecule has 0 bridgehead atoms. The molecular formula is C24H19FO5. The fourth-order valence-electron chi connectivity index (χ4n) is 2.67. The maximum Gasteiger partial charge on any atom is 0.343 e. The molecule has 0 fully saturated rings. The molecule has 3 aromatic carbocycles. The van der Waals surface area contributed by atoms with Gasteiger partial charge in [-0.05, 0) is 66.2 Å². The summed E-state index contributed by atoms with van der Waals surface area (Å²) in [5.41, 5.74) is 1.38. The molecule has 30 heavy (non-hydrogen) atoms. The lowest BCUT2D eigenvalue weighted by atomic mass is 10.1. The molecule has 0 aromatic heterocycles. The molecule has 3 rings (SSSR count). The van der Waals surface area contributed by atoms with Crippen molar-refractivity contribution in [3.05, 3.63) is 95.3 Å². The molecule has 0 amide bonds. The maximum absolute atomic E-state index is 12.9. The second-order valence-corrected chi connectivity index (χ2v) is 6.23. The van der Waals surface area contributed by atoms with Gasteiger partial charge < -0.3 is 14.2 Å². The van der Waals surface area contributed by atoms with Gasteiger partial charge in [-0.3, -0.25) is 4.79 Å². The number of carbonyl (C=O) groups excluding carboxylic acids is 2. The molecule has 0 spiro atoms. The van der Waals surface area contributed by atoms with E-state index in [2.05, 4.69) is 0 Å². The minimum absolute atomic E-state index is 0.238. The molecule has 3 aromatic rings. The average Bonchev–Trinajstić information content (AvgIpc) is 2.78. The van der Waals surface area contributed by atoms with Gasteiger partial charge in [-0.2, -0.15) is 0 Å². The number of benzene rings is 3. The highest BCUT2D eigenvalue weighted by atomic mass is 19.1. The molecule has 0 heterocycles. The molecule has 5 nitrogen and oxygen atoms in total. The molecule has 0 atom stereocenters. The van der Waals surface area contributed by atoms with E-state index >= 15 is 0 Å². The van der Waals surface area contributed by atoms with Crippen LogP contribution in [0.3, 0.4) is 0 Å². The van der Waals surface area contributed by atoms with E-state index in [0.717, 1.165) is 5.56 Å². The summed E-state index contributed by atoms with van der Waals surface area (Å²) >= 11 is 0. The molecule has 0 aliphatic rings. The zero-order valence-electron chi connectivity index (χ0n) is 16.4. The molecule has 0 aliphatic heterocycles. The van der Waals surface area contributed by atoms with Crippen LogP contribution in [0.4, 0.5) is 4.39 Å². The number of ether oxygens (including phenoxy) is 3. The smallest absolute Gasteiger partial charge is 0.343 e. The number of allylic oxidation sites excluding steroid dienone is 1. The Hall–Kier alpha value is -3.93. The Bertz CT molecular complexity index is 1070. The second-order valence-electron chi connectivity index (χ2n) is 6.23. The predicted molar refractivity (Wildman–Crippen MR) is 111 cm³/mol. The molecule has 152 valence electrons. The first-order valence-corrected chi connectivity index (χ1v) is 9.02. The van der Waals surface area contributed by atoms with Crippen LogP contribution in [0.15, 0.2) is 72.8 Å². The Balaban J connectivity index is 1.68. The highest BCUT2D eigenvalue weighted by molar-refractivity contribution is 6.08. The van der Waals surface area contributed by atoms with Gasteiger partial charge in [-0.25, -0.2) is 9.18 Å². The predicted octanol–water partition coefficient (Wildman–Crippen LogP) is 4.96. The number of ketones is 1. The van der Waals surface area contributed by atoms with Crippen molar-refractivity contribution in [1.29, 1.82) is 0 Å². The topological polar surface area (TPSA) is 61.8 Å². The molecule has 0 N–H and O–H groups in total. The zero-order valence-corrected chi connectivity index (χ0v) is 16.4. The van der Waals surface area contributed by atoms with E-state index < -0.39 is 11.8 Å². The van der Waals surface area contributed by atoms with Crippen molar-refractivity contribution in [2.45, 2.75) is 0 Å². The van der Waals surface area contributed by atoms with Crippen molar-refractivity contribution in [2.24, 2.45) is 0 Å². The van der Waals surface area contributed by atoms with Gasteiger partial charge in [-0.1, -0.05) is 18.2 Å². The summed E-state index contributed by atoms with van der Waals surface area (Å²) in [5.74, 6) is 0.0931. The van der Waals surface area contributed by atoms with Crippen LogP contribution >= 0.6 is 0 Å². The Labute approximate surface area is 173 Å². The van der Waals surface area contributed by atoms with E-state index in [1.165, 1.54) is 44.6 Å². The van der Waals surface area contributed by atoms with Crippen molar-refractivity contribution in [1.82, 2.24) is 0 Å². The van der Waals surface area contributed by atoms with Crippen LogP contribution in [0.5, 0.6) is 17.2 Å². The molecule has 0 saturated heterocycles. The lowest BCUT2D eigenvalue weighted by Gasteiger charge is -2.08. The van der Waals surface area contributed by atoms with Gasteiger partial charge in [0.2, 0.25) is 0 Å². The summed E-state index contributed by atoms with van der Waals surface area (Å²) < 4.78 is 28.6. The zero-order chi connectivity index (χ0) is 21.5. The first kappa shape index (κ1) is 20.8. The quantitative estimate of drug-likeness (QED) is 0.240. The Morgan fingerprint density at radius 2 is 1.50 bits per heavy atom. The molecule has 0 saturated carbocycles. The summed E-state index contributed by atoms with van der Waals surface area (Å²) in [5, 5.41) is 0. The van der Waals surface area contributed by atoms with Crippen molar-refractivity contribution in [2.75, 3.05) is 14.2 Å². The van der Waals surface area contributed by atoms with Crippen LogP contribution in [0, 0.1) is 5.82 Å². The largest absolute Gasteiger partial charge is 0.497 e. The second kappa shape index (κ2) is 9.52. The van der Waals surface area contributed by atoms with Crippen LogP contribution < -0.4 is 14.2 Å². The number of esters is 1. The lowest BCUT2D eigenvalue weighted by molar-refractivity contribution is 0.0734. The van der Waals surface area contributed by atoms with E-state index in [4.69, 9.17) is 14.2 Å². The molecule has 0 aliphatic carbocycles. The number of methoxy groups -OCH3 is 2. The van der Waals surface area contributed by atoms with Gasteiger partial charge in [0, 0.05) is 0 Å². The SMILES string of the molecule is COc1ccc(OC)c(C(=O)/C=C/c2ccc(OC(=O)c3ccc(F)cc3)cc2)c1.